The summed E-state index contributed by atoms with van der Waals surface area (Å²) in [6.07, 6.45) is 2.92. The van der Waals surface area contributed by atoms with Gasteiger partial charge in [-0.25, -0.2) is 4.79 Å². The van der Waals surface area contributed by atoms with Crippen LogP contribution in [0.2, 0.25) is 0 Å². The van der Waals surface area contributed by atoms with Gasteiger partial charge >= 0.3 is 5.97 Å². The monoisotopic (exact) mass is 269 g/mol. The molecule has 2 heterocycles. The summed E-state index contributed by atoms with van der Waals surface area (Å²) in [5.41, 5.74) is 0.958. The molecular weight excluding hydrogens is 258 g/mol. The van der Waals surface area contributed by atoms with E-state index in [9.17, 15) is 4.79 Å². The van der Waals surface area contributed by atoms with Crippen molar-refractivity contribution in [2.24, 2.45) is 0 Å². The van der Waals surface area contributed by atoms with Crippen LogP contribution in [0.15, 0.2) is 53.3 Å². The average Bonchev–Trinajstić information content (AvgIpc) is 2.94. The van der Waals surface area contributed by atoms with Crippen LogP contribution < -0.4 is 4.74 Å². The maximum Gasteiger partial charge on any atom is 0.338 e. The van der Waals surface area contributed by atoms with Crippen molar-refractivity contribution in [3.8, 4) is 5.75 Å². The molecule has 0 saturated heterocycles. The number of ether oxygens (including phenoxy) is 1. The van der Waals surface area contributed by atoms with Crippen molar-refractivity contribution in [3.63, 3.8) is 0 Å². The molecule has 3 rings (SSSR count). The Labute approximate surface area is 114 Å². The maximum atomic E-state index is 10.7. The summed E-state index contributed by atoms with van der Waals surface area (Å²) in [6.45, 7) is 0.172. The molecule has 1 aromatic carbocycles. The van der Waals surface area contributed by atoms with E-state index in [-0.39, 0.29) is 12.2 Å². The first-order valence-corrected chi connectivity index (χ1v) is 6.01. The van der Waals surface area contributed by atoms with E-state index < -0.39 is 5.97 Å². The Kier molecular flexibility index (Phi) is 3.09. The standard InChI is InChI=1S/C15H11NO4/c17-15(18)11-6-13(19-8-11)9-20-12-4-3-10-2-1-5-16-14(10)7-12/h1-8H,9H2,(H,17,18). The molecule has 0 atom stereocenters. The fourth-order valence-corrected chi connectivity index (χ4v) is 1.86. The van der Waals surface area contributed by atoms with Gasteiger partial charge in [0.2, 0.25) is 0 Å². The minimum atomic E-state index is -1.02. The number of carboxylic acids is 1. The second-order valence-corrected chi connectivity index (χ2v) is 4.25. The number of furan rings is 1. The van der Waals surface area contributed by atoms with Gasteiger partial charge in [0.15, 0.2) is 0 Å². The van der Waals surface area contributed by atoms with Gasteiger partial charge in [-0.05, 0) is 24.3 Å². The van der Waals surface area contributed by atoms with E-state index in [1.165, 1.54) is 12.3 Å². The summed E-state index contributed by atoms with van der Waals surface area (Å²) in [5, 5.41) is 9.83. The second-order valence-electron chi connectivity index (χ2n) is 4.25. The van der Waals surface area contributed by atoms with E-state index in [2.05, 4.69) is 4.98 Å². The van der Waals surface area contributed by atoms with Crippen molar-refractivity contribution in [1.29, 1.82) is 0 Å². The molecule has 0 fully saturated rings. The second kappa shape index (κ2) is 5.05. The topological polar surface area (TPSA) is 72.6 Å². The molecule has 2 aromatic heterocycles. The molecule has 0 bridgehead atoms. The van der Waals surface area contributed by atoms with Crippen molar-refractivity contribution >= 4 is 16.9 Å². The third-order valence-electron chi connectivity index (χ3n) is 2.86. The van der Waals surface area contributed by atoms with Gasteiger partial charge in [0.05, 0.1) is 11.1 Å². The summed E-state index contributed by atoms with van der Waals surface area (Å²) < 4.78 is 10.7. The summed E-state index contributed by atoms with van der Waals surface area (Å²) in [7, 11) is 0. The quantitative estimate of drug-likeness (QED) is 0.787. The first-order valence-electron chi connectivity index (χ1n) is 6.01. The molecule has 20 heavy (non-hydrogen) atoms. The van der Waals surface area contributed by atoms with E-state index >= 15 is 0 Å². The highest BCUT2D eigenvalue weighted by atomic mass is 16.5. The Hall–Kier alpha value is -2.82. The number of rotatable bonds is 4. The molecular formula is C15H11NO4. The van der Waals surface area contributed by atoms with E-state index in [0.29, 0.717) is 11.5 Å². The van der Waals surface area contributed by atoms with Crippen LogP contribution in [-0.4, -0.2) is 16.1 Å². The van der Waals surface area contributed by atoms with Gasteiger partial charge in [-0.3, -0.25) is 4.98 Å². The number of carboxylic acid groups (broad SMARTS) is 1. The fourth-order valence-electron chi connectivity index (χ4n) is 1.86. The molecule has 0 aliphatic heterocycles. The Morgan fingerprint density at radius 2 is 2.20 bits per heavy atom. The van der Waals surface area contributed by atoms with Crippen molar-refractivity contribution in [2.45, 2.75) is 6.61 Å². The normalized spacial score (nSPS) is 10.6. The molecule has 100 valence electrons. The third-order valence-corrected chi connectivity index (χ3v) is 2.86. The summed E-state index contributed by atoms with van der Waals surface area (Å²) in [4.78, 5) is 15.0. The van der Waals surface area contributed by atoms with Gasteiger partial charge < -0.3 is 14.3 Å². The third kappa shape index (κ3) is 2.47. The molecule has 0 radical (unpaired) electrons. The van der Waals surface area contributed by atoms with Gasteiger partial charge in [0.25, 0.3) is 0 Å². The Bertz CT molecular complexity index is 763. The zero-order valence-corrected chi connectivity index (χ0v) is 10.4. The molecule has 3 aromatic rings. The van der Waals surface area contributed by atoms with E-state index in [4.69, 9.17) is 14.3 Å². The SMILES string of the molecule is O=C(O)c1coc(COc2ccc3cccnc3c2)c1. The Morgan fingerprint density at radius 3 is 3.00 bits per heavy atom. The Morgan fingerprint density at radius 1 is 1.30 bits per heavy atom. The zero-order chi connectivity index (χ0) is 13.9. The highest BCUT2D eigenvalue weighted by molar-refractivity contribution is 5.87. The van der Waals surface area contributed by atoms with Gasteiger partial charge in [-0.2, -0.15) is 0 Å². The molecule has 5 heteroatoms. The van der Waals surface area contributed by atoms with Crippen LogP contribution in [0.4, 0.5) is 0 Å². The lowest BCUT2D eigenvalue weighted by Crippen LogP contribution is -1.95. The van der Waals surface area contributed by atoms with Crippen LogP contribution >= 0.6 is 0 Å². The molecule has 1 N–H and O–H groups in total. The predicted molar refractivity (Wildman–Crippen MR) is 71.7 cm³/mol. The molecule has 5 nitrogen and oxygen atoms in total. The Balaban J connectivity index is 1.74. The molecule has 0 spiro atoms. The maximum absolute atomic E-state index is 10.7. The smallest absolute Gasteiger partial charge is 0.338 e. The fraction of sp³-hybridized carbons (Fsp3) is 0.0667. The highest BCUT2D eigenvalue weighted by Crippen LogP contribution is 2.20. The number of hydrogen-bond donors (Lipinski definition) is 1. The van der Waals surface area contributed by atoms with Crippen LogP contribution in [0.3, 0.4) is 0 Å². The minimum absolute atomic E-state index is 0.115. The molecule has 0 amide bonds. The van der Waals surface area contributed by atoms with Gasteiger partial charge in [-0.15, -0.1) is 0 Å². The van der Waals surface area contributed by atoms with Crippen LogP contribution in [0.1, 0.15) is 16.1 Å². The number of carbonyl (C=O) groups is 1. The first-order chi connectivity index (χ1) is 9.72. The van der Waals surface area contributed by atoms with Crippen LogP contribution in [0.25, 0.3) is 10.9 Å². The predicted octanol–water partition coefficient (Wildman–Crippen LogP) is 3.11. The van der Waals surface area contributed by atoms with Crippen molar-refractivity contribution in [1.82, 2.24) is 4.98 Å². The van der Waals surface area contributed by atoms with Crippen LogP contribution in [0.5, 0.6) is 5.75 Å². The number of benzene rings is 1. The number of aromatic nitrogens is 1. The van der Waals surface area contributed by atoms with Crippen molar-refractivity contribution in [3.05, 3.63) is 60.2 Å². The van der Waals surface area contributed by atoms with Gasteiger partial charge in [-0.1, -0.05) is 6.07 Å². The molecule has 0 aliphatic carbocycles. The lowest BCUT2D eigenvalue weighted by atomic mass is 10.2. The van der Waals surface area contributed by atoms with Gasteiger partial charge in [0.1, 0.15) is 24.4 Å². The van der Waals surface area contributed by atoms with Gasteiger partial charge in [0, 0.05) is 17.6 Å². The number of pyridine rings is 1. The minimum Gasteiger partial charge on any atom is -0.486 e. The van der Waals surface area contributed by atoms with E-state index in [1.54, 1.807) is 6.20 Å². The zero-order valence-electron chi connectivity index (χ0n) is 10.4. The highest BCUT2D eigenvalue weighted by Gasteiger charge is 2.08. The van der Waals surface area contributed by atoms with Crippen LogP contribution in [0, 0.1) is 0 Å². The molecule has 0 aliphatic rings. The van der Waals surface area contributed by atoms with E-state index in [1.807, 2.05) is 30.3 Å². The van der Waals surface area contributed by atoms with Crippen molar-refractivity contribution < 1.29 is 19.1 Å². The molecule has 0 unspecified atom stereocenters. The molecule has 0 saturated carbocycles. The number of nitrogens with zero attached hydrogens (tertiary/aromatic N) is 1. The number of fused-ring (bicyclic) bond motifs is 1. The first kappa shape index (κ1) is 12.2. The summed E-state index contributed by atoms with van der Waals surface area (Å²) >= 11 is 0. The summed E-state index contributed by atoms with van der Waals surface area (Å²) in [5.74, 6) is 0.0999. The average molecular weight is 269 g/mol. The van der Waals surface area contributed by atoms with E-state index in [0.717, 1.165) is 10.9 Å². The lowest BCUT2D eigenvalue weighted by molar-refractivity contribution is 0.0696. The number of aromatic carboxylic acids is 1. The summed E-state index contributed by atoms with van der Waals surface area (Å²) in [6, 6.07) is 10.9. The van der Waals surface area contributed by atoms with Crippen LogP contribution in [-0.2, 0) is 6.61 Å². The van der Waals surface area contributed by atoms with Crippen molar-refractivity contribution in [2.75, 3.05) is 0 Å². The number of hydrogen-bond acceptors (Lipinski definition) is 4. The largest absolute Gasteiger partial charge is 0.486 e. The lowest BCUT2D eigenvalue weighted by Gasteiger charge is -2.05.